The summed E-state index contributed by atoms with van der Waals surface area (Å²) in [6.07, 6.45) is 4.13. The molecule has 0 bridgehead atoms. The molecule has 1 aliphatic heterocycles. The molecule has 0 atom stereocenters. The number of pyridine rings is 1. The first-order chi connectivity index (χ1) is 16.3. The number of carbonyl (C=O) groups excluding carboxylic acids is 1. The third kappa shape index (κ3) is 5.94. The maximum atomic E-state index is 12.8. The Morgan fingerprint density at radius 2 is 1.82 bits per heavy atom. The zero-order chi connectivity index (χ0) is 24.1. The molecule has 7 nitrogen and oxygen atoms in total. The lowest BCUT2D eigenvalue weighted by molar-refractivity contribution is 0.0950. The number of piperidine rings is 1. The molecule has 0 radical (unpaired) electrons. The number of anilines is 2. The number of nitrogens with zero attached hydrogens (tertiary/aromatic N) is 2. The molecule has 1 saturated heterocycles. The van der Waals surface area contributed by atoms with E-state index in [2.05, 4.69) is 26.8 Å². The number of sulfonamides is 1. The summed E-state index contributed by atoms with van der Waals surface area (Å²) in [6, 6.07) is 17.1. The van der Waals surface area contributed by atoms with E-state index in [1.807, 2.05) is 25.1 Å². The molecule has 1 amide bonds. The molecule has 3 aromatic rings. The van der Waals surface area contributed by atoms with E-state index >= 15 is 0 Å². The molecular weight excluding hydrogens is 448 g/mol. The van der Waals surface area contributed by atoms with Gasteiger partial charge in [0.25, 0.3) is 15.9 Å². The van der Waals surface area contributed by atoms with Crippen molar-refractivity contribution in [3.05, 3.63) is 83.6 Å². The van der Waals surface area contributed by atoms with E-state index in [0.29, 0.717) is 12.2 Å². The maximum Gasteiger partial charge on any atom is 0.261 e. The first kappa shape index (κ1) is 23.8. The van der Waals surface area contributed by atoms with E-state index < -0.39 is 10.0 Å². The molecule has 2 aromatic carbocycles. The summed E-state index contributed by atoms with van der Waals surface area (Å²) in [7, 11) is -3.82. The Kier molecular flexibility index (Phi) is 7.17. The minimum Gasteiger partial charge on any atom is -0.357 e. The lowest BCUT2D eigenvalue weighted by Gasteiger charge is -2.31. The number of rotatable bonds is 7. The van der Waals surface area contributed by atoms with Crippen molar-refractivity contribution in [1.29, 1.82) is 0 Å². The number of nitrogens with one attached hydrogen (secondary N) is 2. The van der Waals surface area contributed by atoms with Crippen molar-refractivity contribution in [2.75, 3.05) is 22.7 Å². The lowest BCUT2D eigenvalue weighted by atomic mass is 9.99. The Hall–Kier alpha value is -3.39. The zero-order valence-electron chi connectivity index (χ0n) is 19.5. The predicted octanol–water partition coefficient (Wildman–Crippen LogP) is 4.36. The van der Waals surface area contributed by atoms with E-state index in [4.69, 9.17) is 0 Å². The zero-order valence-corrected chi connectivity index (χ0v) is 20.3. The van der Waals surface area contributed by atoms with E-state index in [9.17, 15) is 13.2 Å². The first-order valence-electron chi connectivity index (χ1n) is 11.5. The number of amides is 1. The highest BCUT2D eigenvalue weighted by molar-refractivity contribution is 7.92. The van der Waals surface area contributed by atoms with Crippen molar-refractivity contribution < 1.29 is 13.2 Å². The van der Waals surface area contributed by atoms with Crippen molar-refractivity contribution in [1.82, 2.24) is 10.3 Å². The molecule has 0 aliphatic carbocycles. The molecule has 1 aromatic heterocycles. The third-order valence-corrected chi connectivity index (χ3v) is 7.43. The fraction of sp³-hybridized carbons (Fsp3) is 0.308. The van der Waals surface area contributed by atoms with Crippen LogP contribution >= 0.6 is 0 Å². The van der Waals surface area contributed by atoms with Crippen LogP contribution in [0.1, 0.15) is 41.3 Å². The highest BCUT2D eigenvalue weighted by atomic mass is 32.2. The van der Waals surface area contributed by atoms with E-state index in [-0.39, 0.29) is 16.4 Å². The summed E-state index contributed by atoms with van der Waals surface area (Å²) in [4.78, 5) is 19.6. The van der Waals surface area contributed by atoms with Gasteiger partial charge < -0.3 is 10.2 Å². The molecular formula is C26H30N4O3S. The second-order valence-corrected chi connectivity index (χ2v) is 10.6. The molecule has 0 saturated carbocycles. The van der Waals surface area contributed by atoms with Gasteiger partial charge in [0, 0.05) is 37.1 Å². The quantitative estimate of drug-likeness (QED) is 0.527. The standard InChI is InChI=1S/C26H30N4O3S/c1-19-11-13-30(14-12-19)25-10-9-21(17-27-25)18-28-26(31)22-6-4-8-24(16-22)34(32,33)29-23-7-3-5-20(2)15-23/h3-10,15-17,19,29H,11-14,18H2,1-2H3,(H,28,31). The second-order valence-electron chi connectivity index (χ2n) is 8.88. The predicted molar refractivity (Wildman–Crippen MR) is 134 cm³/mol. The van der Waals surface area contributed by atoms with Crippen LogP contribution in [0.5, 0.6) is 0 Å². The van der Waals surface area contributed by atoms with Gasteiger partial charge in [0.2, 0.25) is 0 Å². The molecule has 4 rings (SSSR count). The van der Waals surface area contributed by atoms with Crippen LogP contribution in [0, 0.1) is 12.8 Å². The fourth-order valence-electron chi connectivity index (χ4n) is 3.96. The van der Waals surface area contributed by atoms with Gasteiger partial charge in [-0.2, -0.15) is 0 Å². The topological polar surface area (TPSA) is 91.4 Å². The van der Waals surface area contributed by atoms with Gasteiger partial charge in [-0.3, -0.25) is 9.52 Å². The molecule has 1 fully saturated rings. The number of hydrogen-bond acceptors (Lipinski definition) is 5. The van der Waals surface area contributed by atoms with Crippen molar-refractivity contribution in [3.8, 4) is 0 Å². The molecule has 2 heterocycles. The van der Waals surface area contributed by atoms with Gasteiger partial charge in [-0.1, -0.05) is 31.2 Å². The second kappa shape index (κ2) is 10.3. The SMILES string of the molecule is Cc1cccc(NS(=O)(=O)c2cccc(C(=O)NCc3ccc(N4CCC(C)CC4)nc3)c2)c1. The van der Waals surface area contributed by atoms with E-state index in [1.54, 1.807) is 36.5 Å². The number of aryl methyl sites for hydroxylation is 1. The van der Waals surface area contributed by atoms with Crippen LogP contribution in [-0.2, 0) is 16.6 Å². The van der Waals surface area contributed by atoms with Crippen molar-refractivity contribution >= 4 is 27.4 Å². The smallest absolute Gasteiger partial charge is 0.261 e. The molecule has 178 valence electrons. The van der Waals surface area contributed by atoms with Gasteiger partial charge in [0.15, 0.2) is 0 Å². The minimum absolute atomic E-state index is 0.0310. The van der Waals surface area contributed by atoms with Crippen molar-refractivity contribution in [2.45, 2.75) is 38.1 Å². The third-order valence-electron chi connectivity index (χ3n) is 6.05. The fourth-order valence-corrected chi connectivity index (χ4v) is 5.05. The van der Waals surface area contributed by atoms with Crippen LogP contribution in [0.25, 0.3) is 0 Å². The highest BCUT2D eigenvalue weighted by Gasteiger charge is 2.18. The maximum absolute atomic E-state index is 12.8. The van der Waals surface area contributed by atoms with Gasteiger partial charge >= 0.3 is 0 Å². The molecule has 1 aliphatic rings. The summed E-state index contributed by atoms with van der Waals surface area (Å²) in [5.41, 5.74) is 2.58. The van der Waals surface area contributed by atoms with Gasteiger partial charge in [-0.25, -0.2) is 13.4 Å². The molecule has 8 heteroatoms. The van der Waals surface area contributed by atoms with Gasteiger partial charge in [-0.15, -0.1) is 0 Å². The summed E-state index contributed by atoms with van der Waals surface area (Å²) in [5.74, 6) is 1.38. The van der Waals surface area contributed by atoms with Crippen molar-refractivity contribution in [3.63, 3.8) is 0 Å². The summed E-state index contributed by atoms with van der Waals surface area (Å²) >= 11 is 0. The summed E-state index contributed by atoms with van der Waals surface area (Å²) in [5, 5.41) is 2.85. The summed E-state index contributed by atoms with van der Waals surface area (Å²) < 4.78 is 28.1. The lowest BCUT2D eigenvalue weighted by Crippen LogP contribution is -2.33. The normalized spacial score (nSPS) is 14.6. The average Bonchev–Trinajstić information content (AvgIpc) is 2.83. The number of carbonyl (C=O) groups is 1. The molecule has 34 heavy (non-hydrogen) atoms. The van der Waals surface area contributed by atoms with Crippen LogP contribution in [0.15, 0.2) is 71.8 Å². The average molecular weight is 479 g/mol. The van der Waals surface area contributed by atoms with Crippen LogP contribution in [0.2, 0.25) is 0 Å². The summed E-state index contributed by atoms with van der Waals surface area (Å²) in [6.45, 7) is 6.51. The number of aromatic nitrogens is 1. The van der Waals surface area contributed by atoms with Gasteiger partial charge in [0.1, 0.15) is 5.82 Å². The monoisotopic (exact) mass is 478 g/mol. The first-order valence-corrected chi connectivity index (χ1v) is 13.0. The number of hydrogen-bond donors (Lipinski definition) is 2. The van der Waals surface area contributed by atoms with Crippen LogP contribution in [0.4, 0.5) is 11.5 Å². The minimum atomic E-state index is -3.82. The molecule has 0 spiro atoms. The Morgan fingerprint density at radius 1 is 1.06 bits per heavy atom. The van der Waals surface area contributed by atoms with Gasteiger partial charge in [-0.05, 0) is 73.2 Å². The molecule has 2 N–H and O–H groups in total. The Balaban J connectivity index is 1.38. The Labute approximate surface area is 201 Å². The van der Waals surface area contributed by atoms with Crippen LogP contribution < -0.4 is 14.9 Å². The van der Waals surface area contributed by atoms with E-state index in [1.165, 1.54) is 25.0 Å². The van der Waals surface area contributed by atoms with Crippen LogP contribution in [0.3, 0.4) is 0 Å². The number of benzene rings is 2. The Morgan fingerprint density at radius 3 is 2.53 bits per heavy atom. The van der Waals surface area contributed by atoms with Gasteiger partial charge in [0.05, 0.1) is 4.90 Å². The van der Waals surface area contributed by atoms with E-state index in [0.717, 1.165) is 36.0 Å². The largest absolute Gasteiger partial charge is 0.357 e. The Bertz CT molecular complexity index is 1250. The highest BCUT2D eigenvalue weighted by Crippen LogP contribution is 2.21. The molecule has 0 unspecified atom stereocenters. The van der Waals surface area contributed by atoms with Crippen LogP contribution in [-0.4, -0.2) is 32.4 Å². The van der Waals surface area contributed by atoms with Crippen molar-refractivity contribution in [2.24, 2.45) is 5.92 Å².